The number of likely N-dealkylation sites (N-methyl/N-ethyl adjacent to an activating group) is 1. The lowest BCUT2D eigenvalue weighted by Gasteiger charge is -2.16. The van der Waals surface area contributed by atoms with Crippen LogP contribution in [-0.4, -0.2) is 29.4 Å². The molecule has 1 heterocycles. The number of aryl methyl sites for hydroxylation is 1. The molecule has 4 nitrogen and oxygen atoms in total. The quantitative estimate of drug-likeness (QED) is 0.709. The van der Waals surface area contributed by atoms with Crippen molar-refractivity contribution in [2.24, 2.45) is 0 Å². The fourth-order valence-corrected chi connectivity index (χ4v) is 2.53. The third kappa shape index (κ3) is 3.76. The highest BCUT2D eigenvalue weighted by Crippen LogP contribution is 2.21. The molecule has 0 fully saturated rings. The lowest BCUT2D eigenvalue weighted by Crippen LogP contribution is -2.29. The molecule has 0 saturated carbocycles. The van der Waals surface area contributed by atoms with Gasteiger partial charge >= 0.3 is 0 Å². The SMILES string of the molecule is Cc1oc(-c2ccccc2)nc1CCN(C)C(=O)c1cc[c]cc1F. The Morgan fingerprint density at radius 1 is 1.28 bits per heavy atom. The molecule has 0 saturated heterocycles. The third-order valence-corrected chi connectivity index (χ3v) is 3.99. The van der Waals surface area contributed by atoms with Gasteiger partial charge in [0.05, 0.1) is 11.3 Å². The van der Waals surface area contributed by atoms with Gasteiger partial charge in [-0.05, 0) is 37.3 Å². The Balaban J connectivity index is 1.68. The molecular formula is C20H18FN2O2. The van der Waals surface area contributed by atoms with Gasteiger partial charge in [0.15, 0.2) is 0 Å². The van der Waals surface area contributed by atoms with E-state index < -0.39 is 5.82 Å². The Kier molecular flexibility index (Phi) is 4.93. The molecule has 0 N–H and O–H groups in total. The highest BCUT2D eigenvalue weighted by molar-refractivity contribution is 5.94. The first-order valence-electron chi connectivity index (χ1n) is 7.99. The molecule has 0 spiro atoms. The van der Waals surface area contributed by atoms with Gasteiger partial charge in [0.25, 0.3) is 5.91 Å². The zero-order valence-corrected chi connectivity index (χ0v) is 14.1. The van der Waals surface area contributed by atoms with E-state index in [0.29, 0.717) is 18.9 Å². The molecule has 1 amide bonds. The van der Waals surface area contributed by atoms with Crippen molar-refractivity contribution in [3.63, 3.8) is 0 Å². The second-order valence-corrected chi connectivity index (χ2v) is 5.77. The summed E-state index contributed by atoms with van der Waals surface area (Å²) >= 11 is 0. The van der Waals surface area contributed by atoms with Crippen LogP contribution in [0, 0.1) is 18.8 Å². The average Bonchev–Trinajstić information content (AvgIpc) is 3.01. The van der Waals surface area contributed by atoms with Crippen LogP contribution >= 0.6 is 0 Å². The Hall–Kier alpha value is -2.95. The molecule has 127 valence electrons. The largest absolute Gasteiger partial charge is 0.441 e. The number of benzene rings is 2. The van der Waals surface area contributed by atoms with Gasteiger partial charge in [0.1, 0.15) is 11.6 Å². The van der Waals surface area contributed by atoms with Crippen molar-refractivity contribution in [1.82, 2.24) is 9.88 Å². The predicted octanol–water partition coefficient (Wildman–Crippen LogP) is 3.90. The molecule has 3 rings (SSSR count). The molecule has 3 aromatic rings. The van der Waals surface area contributed by atoms with Crippen LogP contribution in [0.5, 0.6) is 0 Å². The van der Waals surface area contributed by atoms with Crippen molar-refractivity contribution < 1.29 is 13.6 Å². The van der Waals surface area contributed by atoms with Gasteiger partial charge in [-0.25, -0.2) is 9.37 Å². The maximum Gasteiger partial charge on any atom is 0.256 e. The van der Waals surface area contributed by atoms with Crippen LogP contribution in [-0.2, 0) is 6.42 Å². The number of halogens is 1. The van der Waals surface area contributed by atoms with Gasteiger partial charge in [-0.3, -0.25) is 4.79 Å². The number of carbonyl (C=O) groups excluding carboxylic acids is 1. The first-order chi connectivity index (χ1) is 12.1. The summed E-state index contributed by atoms with van der Waals surface area (Å²) in [6.07, 6.45) is 0.533. The number of hydrogen-bond donors (Lipinski definition) is 0. The van der Waals surface area contributed by atoms with E-state index in [1.54, 1.807) is 7.05 Å². The van der Waals surface area contributed by atoms with Crippen LogP contribution in [0.2, 0.25) is 0 Å². The Morgan fingerprint density at radius 3 is 2.76 bits per heavy atom. The number of rotatable bonds is 5. The minimum Gasteiger partial charge on any atom is -0.441 e. The monoisotopic (exact) mass is 337 g/mol. The summed E-state index contributed by atoms with van der Waals surface area (Å²) in [6, 6.07) is 16.4. The Bertz CT molecular complexity index is 874. The van der Waals surface area contributed by atoms with Crippen LogP contribution in [0.25, 0.3) is 11.5 Å². The Morgan fingerprint density at radius 2 is 2.04 bits per heavy atom. The van der Waals surface area contributed by atoms with Gasteiger partial charge in [-0.15, -0.1) is 0 Å². The van der Waals surface area contributed by atoms with Gasteiger partial charge in [0, 0.05) is 25.6 Å². The summed E-state index contributed by atoms with van der Waals surface area (Å²) in [4.78, 5) is 18.3. The van der Waals surface area contributed by atoms with E-state index in [4.69, 9.17) is 4.42 Å². The smallest absolute Gasteiger partial charge is 0.256 e. The number of hydrogen-bond acceptors (Lipinski definition) is 3. The van der Waals surface area contributed by atoms with Crippen molar-refractivity contribution in [2.75, 3.05) is 13.6 Å². The van der Waals surface area contributed by atoms with Gasteiger partial charge in [-0.2, -0.15) is 0 Å². The number of nitrogens with zero attached hydrogens (tertiary/aromatic N) is 2. The normalized spacial score (nSPS) is 10.7. The predicted molar refractivity (Wildman–Crippen MR) is 92.6 cm³/mol. The van der Waals surface area contributed by atoms with E-state index in [0.717, 1.165) is 23.1 Å². The summed E-state index contributed by atoms with van der Waals surface area (Å²) in [5.41, 5.74) is 1.74. The second kappa shape index (κ2) is 7.30. The molecule has 0 atom stereocenters. The van der Waals surface area contributed by atoms with E-state index in [1.165, 1.54) is 17.0 Å². The maximum atomic E-state index is 13.7. The van der Waals surface area contributed by atoms with Crippen molar-refractivity contribution in [3.05, 3.63) is 77.4 Å². The minimum absolute atomic E-state index is 0.0445. The molecule has 1 aromatic heterocycles. The highest BCUT2D eigenvalue weighted by atomic mass is 19.1. The lowest BCUT2D eigenvalue weighted by molar-refractivity contribution is 0.0791. The molecule has 0 bridgehead atoms. The molecular weight excluding hydrogens is 319 g/mol. The zero-order chi connectivity index (χ0) is 17.8. The average molecular weight is 337 g/mol. The first-order valence-corrected chi connectivity index (χ1v) is 7.99. The molecule has 2 aromatic carbocycles. The van der Waals surface area contributed by atoms with Crippen LogP contribution in [0.1, 0.15) is 21.8 Å². The summed E-state index contributed by atoms with van der Waals surface area (Å²) in [6.45, 7) is 2.27. The molecule has 0 aliphatic rings. The van der Waals surface area contributed by atoms with Crippen LogP contribution in [0.4, 0.5) is 4.39 Å². The van der Waals surface area contributed by atoms with Gasteiger partial charge in [0.2, 0.25) is 5.89 Å². The summed E-state index contributed by atoms with van der Waals surface area (Å²) < 4.78 is 19.4. The van der Waals surface area contributed by atoms with E-state index in [1.807, 2.05) is 37.3 Å². The molecule has 1 radical (unpaired) electrons. The van der Waals surface area contributed by atoms with Gasteiger partial charge < -0.3 is 9.32 Å². The van der Waals surface area contributed by atoms with Crippen LogP contribution in [0.3, 0.4) is 0 Å². The van der Waals surface area contributed by atoms with E-state index in [-0.39, 0.29) is 11.5 Å². The molecule has 25 heavy (non-hydrogen) atoms. The van der Waals surface area contributed by atoms with Crippen LogP contribution < -0.4 is 0 Å². The molecule has 0 aliphatic carbocycles. The third-order valence-electron chi connectivity index (χ3n) is 3.99. The van der Waals surface area contributed by atoms with E-state index in [2.05, 4.69) is 11.1 Å². The van der Waals surface area contributed by atoms with Crippen molar-refractivity contribution >= 4 is 5.91 Å². The topological polar surface area (TPSA) is 46.3 Å². The van der Waals surface area contributed by atoms with Crippen molar-refractivity contribution in [1.29, 1.82) is 0 Å². The summed E-state index contributed by atoms with van der Waals surface area (Å²) in [7, 11) is 1.64. The van der Waals surface area contributed by atoms with Crippen molar-refractivity contribution in [2.45, 2.75) is 13.3 Å². The van der Waals surface area contributed by atoms with E-state index in [9.17, 15) is 9.18 Å². The zero-order valence-electron chi connectivity index (χ0n) is 14.1. The number of amides is 1. The van der Waals surface area contributed by atoms with E-state index >= 15 is 0 Å². The first kappa shape index (κ1) is 16.9. The number of oxazole rings is 1. The molecule has 0 aliphatic heterocycles. The van der Waals surface area contributed by atoms with Crippen molar-refractivity contribution in [3.8, 4) is 11.5 Å². The fraction of sp³-hybridized carbons (Fsp3) is 0.200. The fourth-order valence-electron chi connectivity index (χ4n) is 2.53. The summed E-state index contributed by atoms with van der Waals surface area (Å²) in [5.74, 6) is 0.353. The standard InChI is InChI=1S/C20H18FN2O2/c1-14-18(22-19(25-14)15-8-4-3-5-9-15)12-13-23(2)20(24)16-10-6-7-11-17(16)21/h3-6,8-11H,12-13H2,1-2H3. The molecule has 0 unspecified atom stereocenters. The van der Waals surface area contributed by atoms with Gasteiger partial charge in [-0.1, -0.05) is 24.3 Å². The Labute approximate surface area is 145 Å². The highest BCUT2D eigenvalue weighted by Gasteiger charge is 2.17. The lowest BCUT2D eigenvalue weighted by atomic mass is 10.2. The summed E-state index contributed by atoms with van der Waals surface area (Å²) in [5, 5.41) is 0. The van der Waals surface area contributed by atoms with Crippen LogP contribution in [0.15, 0.2) is 52.9 Å². The maximum absolute atomic E-state index is 13.7. The minimum atomic E-state index is -0.566. The molecule has 5 heteroatoms. The number of aromatic nitrogens is 1. The second-order valence-electron chi connectivity index (χ2n) is 5.77. The number of carbonyl (C=O) groups is 1.